The van der Waals surface area contributed by atoms with E-state index < -0.39 is 0 Å². The molecule has 0 aliphatic carbocycles. The van der Waals surface area contributed by atoms with Crippen LogP contribution in [0.3, 0.4) is 0 Å². The summed E-state index contributed by atoms with van der Waals surface area (Å²) in [5.41, 5.74) is 0.357. The summed E-state index contributed by atoms with van der Waals surface area (Å²) in [5, 5.41) is 0. The number of rotatable bonds is 4. The molecule has 0 bridgehead atoms. The van der Waals surface area contributed by atoms with Crippen LogP contribution in [0.25, 0.3) is 0 Å². The average molecular weight is 282 g/mol. The average Bonchev–Trinajstić information content (AvgIpc) is 3.00. The third-order valence-corrected chi connectivity index (χ3v) is 5.41. The van der Waals surface area contributed by atoms with Crippen molar-refractivity contribution in [2.75, 3.05) is 26.4 Å². The standard InChI is InChI=1S/C17H30O3/c1-13-3-5-19-15(7-13)8-14-9-16(20-11-14)10-17(2)4-6-18-12-17/h13-16H,3-12H2,1-2H3/t13-,14+,15?,16?,17+/m1/s1. The first-order chi connectivity index (χ1) is 9.63. The third-order valence-electron chi connectivity index (χ3n) is 5.41. The molecule has 3 aliphatic heterocycles. The van der Waals surface area contributed by atoms with Crippen LogP contribution < -0.4 is 0 Å². The summed E-state index contributed by atoms with van der Waals surface area (Å²) in [4.78, 5) is 0. The molecule has 0 aromatic heterocycles. The second kappa shape index (κ2) is 6.33. The molecule has 3 rings (SSSR count). The Bertz CT molecular complexity index is 311. The number of ether oxygens (including phenoxy) is 3. The van der Waals surface area contributed by atoms with E-state index in [9.17, 15) is 0 Å². The fourth-order valence-electron chi connectivity index (χ4n) is 4.11. The van der Waals surface area contributed by atoms with E-state index in [0.29, 0.717) is 23.5 Å². The van der Waals surface area contributed by atoms with Gasteiger partial charge in [0.05, 0.1) is 18.8 Å². The van der Waals surface area contributed by atoms with Crippen molar-refractivity contribution in [3.8, 4) is 0 Å². The topological polar surface area (TPSA) is 27.7 Å². The van der Waals surface area contributed by atoms with Crippen molar-refractivity contribution in [1.29, 1.82) is 0 Å². The van der Waals surface area contributed by atoms with Crippen molar-refractivity contribution in [2.24, 2.45) is 17.3 Å². The summed E-state index contributed by atoms with van der Waals surface area (Å²) in [7, 11) is 0. The summed E-state index contributed by atoms with van der Waals surface area (Å²) >= 11 is 0. The Morgan fingerprint density at radius 2 is 2.00 bits per heavy atom. The predicted octanol–water partition coefficient (Wildman–Crippen LogP) is 3.41. The van der Waals surface area contributed by atoms with Crippen LogP contribution in [0.5, 0.6) is 0 Å². The van der Waals surface area contributed by atoms with E-state index in [1.54, 1.807) is 0 Å². The monoisotopic (exact) mass is 282 g/mol. The van der Waals surface area contributed by atoms with Crippen LogP contribution in [0.2, 0.25) is 0 Å². The van der Waals surface area contributed by atoms with Crippen molar-refractivity contribution in [1.82, 2.24) is 0 Å². The molecule has 3 saturated heterocycles. The number of hydrogen-bond acceptors (Lipinski definition) is 3. The van der Waals surface area contributed by atoms with Crippen molar-refractivity contribution < 1.29 is 14.2 Å². The first-order valence-electron chi connectivity index (χ1n) is 8.44. The molecular weight excluding hydrogens is 252 g/mol. The molecule has 20 heavy (non-hydrogen) atoms. The highest BCUT2D eigenvalue weighted by atomic mass is 16.5. The lowest BCUT2D eigenvalue weighted by Crippen LogP contribution is -2.27. The minimum Gasteiger partial charge on any atom is -0.381 e. The zero-order valence-electron chi connectivity index (χ0n) is 13.1. The Labute approximate surface area is 123 Å². The molecule has 5 atom stereocenters. The maximum atomic E-state index is 6.05. The fourth-order valence-corrected chi connectivity index (χ4v) is 4.11. The van der Waals surface area contributed by atoms with E-state index in [1.807, 2.05) is 0 Å². The maximum absolute atomic E-state index is 6.05. The summed E-state index contributed by atoms with van der Waals surface area (Å²) in [6.07, 6.45) is 8.21. The van der Waals surface area contributed by atoms with Crippen molar-refractivity contribution in [3.63, 3.8) is 0 Å². The van der Waals surface area contributed by atoms with Crippen LogP contribution in [0.4, 0.5) is 0 Å². The molecular formula is C17H30O3. The zero-order chi connectivity index (χ0) is 14.0. The van der Waals surface area contributed by atoms with E-state index in [0.717, 1.165) is 32.3 Å². The van der Waals surface area contributed by atoms with Crippen LogP contribution in [0.1, 0.15) is 52.4 Å². The van der Waals surface area contributed by atoms with Gasteiger partial charge in [-0.2, -0.15) is 0 Å². The van der Waals surface area contributed by atoms with Gasteiger partial charge in [-0.25, -0.2) is 0 Å². The lowest BCUT2D eigenvalue weighted by atomic mass is 9.82. The van der Waals surface area contributed by atoms with Gasteiger partial charge in [0.1, 0.15) is 0 Å². The molecule has 0 aromatic rings. The SMILES string of the molecule is C[C@@H]1CCOC(C[C@@H]2COC(C[C@]3(C)CCOC3)C2)C1. The smallest absolute Gasteiger partial charge is 0.0584 e. The van der Waals surface area contributed by atoms with Gasteiger partial charge in [0.2, 0.25) is 0 Å². The van der Waals surface area contributed by atoms with Crippen molar-refractivity contribution >= 4 is 0 Å². The Kier molecular flexibility index (Phi) is 4.68. The molecule has 0 aromatic carbocycles. The van der Waals surface area contributed by atoms with E-state index >= 15 is 0 Å². The molecule has 3 aliphatic rings. The summed E-state index contributed by atoms with van der Waals surface area (Å²) in [5.74, 6) is 1.54. The molecule has 3 fully saturated rings. The van der Waals surface area contributed by atoms with Gasteiger partial charge in [0.15, 0.2) is 0 Å². The van der Waals surface area contributed by atoms with Gasteiger partial charge in [-0.15, -0.1) is 0 Å². The van der Waals surface area contributed by atoms with E-state index in [2.05, 4.69) is 13.8 Å². The van der Waals surface area contributed by atoms with Gasteiger partial charge in [0.25, 0.3) is 0 Å². The summed E-state index contributed by atoms with van der Waals surface area (Å²) in [6.45, 7) is 8.45. The molecule has 0 radical (unpaired) electrons. The van der Waals surface area contributed by atoms with E-state index in [4.69, 9.17) is 14.2 Å². The van der Waals surface area contributed by atoms with Crippen LogP contribution in [-0.2, 0) is 14.2 Å². The molecule has 0 saturated carbocycles. The fraction of sp³-hybridized carbons (Fsp3) is 1.00. The maximum Gasteiger partial charge on any atom is 0.0584 e. The first kappa shape index (κ1) is 14.8. The molecule has 2 unspecified atom stereocenters. The molecule has 3 heteroatoms. The lowest BCUT2D eigenvalue weighted by molar-refractivity contribution is -0.0188. The molecule has 0 N–H and O–H groups in total. The van der Waals surface area contributed by atoms with Crippen LogP contribution >= 0.6 is 0 Å². The van der Waals surface area contributed by atoms with Gasteiger partial charge < -0.3 is 14.2 Å². The first-order valence-corrected chi connectivity index (χ1v) is 8.44. The van der Waals surface area contributed by atoms with Gasteiger partial charge in [-0.05, 0) is 55.8 Å². The van der Waals surface area contributed by atoms with Crippen LogP contribution in [0, 0.1) is 17.3 Å². The molecule has 3 heterocycles. The van der Waals surface area contributed by atoms with Gasteiger partial charge in [-0.3, -0.25) is 0 Å². The van der Waals surface area contributed by atoms with E-state index in [1.165, 1.54) is 38.5 Å². The number of hydrogen-bond donors (Lipinski definition) is 0. The van der Waals surface area contributed by atoms with Crippen molar-refractivity contribution in [3.05, 3.63) is 0 Å². The lowest BCUT2D eigenvalue weighted by Gasteiger charge is -2.29. The minimum absolute atomic E-state index is 0.357. The highest BCUT2D eigenvalue weighted by Crippen LogP contribution is 2.38. The Morgan fingerprint density at radius 1 is 1.10 bits per heavy atom. The Balaban J connectivity index is 1.42. The van der Waals surface area contributed by atoms with E-state index in [-0.39, 0.29) is 0 Å². The van der Waals surface area contributed by atoms with Gasteiger partial charge in [0, 0.05) is 19.8 Å². The molecule has 3 nitrogen and oxygen atoms in total. The minimum atomic E-state index is 0.357. The Hall–Kier alpha value is -0.120. The highest BCUT2D eigenvalue weighted by Gasteiger charge is 2.37. The quantitative estimate of drug-likeness (QED) is 0.791. The van der Waals surface area contributed by atoms with Gasteiger partial charge in [-0.1, -0.05) is 13.8 Å². The second-order valence-corrected chi connectivity index (χ2v) is 7.73. The second-order valence-electron chi connectivity index (χ2n) is 7.73. The molecule has 116 valence electrons. The summed E-state index contributed by atoms with van der Waals surface area (Å²) < 4.78 is 17.5. The molecule has 0 spiro atoms. The zero-order valence-corrected chi connectivity index (χ0v) is 13.1. The highest BCUT2D eigenvalue weighted by molar-refractivity contribution is 4.86. The van der Waals surface area contributed by atoms with Crippen LogP contribution in [0.15, 0.2) is 0 Å². The summed E-state index contributed by atoms with van der Waals surface area (Å²) in [6, 6.07) is 0. The Morgan fingerprint density at radius 3 is 2.75 bits per heavy atom. The predicted molar refractivity (Wildman–Crippen MR) is 78.8 cm³/mol. The van der Waals surface area contributed by atoms with Crippen LogP contribution in [-0.4, -0.2) is 38.6 Å². The largest absolute Gasteiger partial charge is 0.381 e. The normalized spacial score (nSPS) is 45.9. The third kappa shape index (κ3) is 3.75. The van der Waals surface area contributed by atoms with Crippen molar-refractivity contribution in [2.45, 2.75) is 64.6 Å². The van der Waals surface area contributed by atoms with Gasteiger partial charge >= 0.3 is 0 Å². The molecule has 0 amide bonds.